The predicted octanol–water partition coefficient (Wildman–Crippen LogP) is 3.37. The fourth-order valence-corrected chi connectivity index (χ4v) is 2.21. The molecule has 0 aliphatic rings. The summed E-state index contributed by atoms with van der Waals surface area (Å²) in [4.78, 5) is 8.62. The second kappa shape index (κ2) is 5.80. The molecule has 0 aliphatic carbocycles. The van der Waals surface area contributed by atoms with Crippen LogP contribution in [0.4, 0.5) is 16.0 Å². The van der Waals surface area contributed by atoms with Gasteiger partial charge in [0.05, 0.1) is 4.47 Å². The fourth-order valence-electron chi connectivity index (χ4n) is 1.65. The minimum absolute atomic E-state index is 0.192. The Bertz CT molecular complexity index is 690. The zero-order valence-corrected chi connectivity index (χ0v) is 13.3. The third-order valence-corrected chi connectivity index (χ3v) is 3.44. The van der Waals surface area contributed by atoms with Crippen molar-refractivity contribution in [1.82, 2.24) is 9.97 Å². The summed E-state index contributed by atoms with van der Waals surface area (Å²) in [6.07, 6.45) is 0. The Hall–Kier alpha value is -1.60. The topological polar surface area (TPSA) is 63.8 Å². The molecule has 3 N–H and O–H groups in total. The molecule has 0 atom stereocenters. The van der Waals surface area contributed by atoms with Gasteiger partial charge in [-0.25, -0.2) is 14.4 Å². The van der Waals surface area contributed by atoms with Crippen LogP contribution in [-0.2, 0) is 0 Å². The van der Waals surface area contributed by atoms with Crippen LogP contribution in [0.2, 0.25) is 0 Å². The summed E-state index contributed by atoms with van der Waals surface area (Å²) in [6, 6.07) is 4.76. The average Bonchev–Trinajstić information content (AvgIpc) is 2.35. The molecular formula is C13H12BrFN4S. The normalized spacial score (nSPS) is 10.4. The van der Waals surface area contributed by atoms with E-state index in [0.29, 0.717) is 21.8 Å². The zero-order chi connectivity index (χ0) is 14.9. The summed E-state index contributed by atoms with van der Waals surface area (Å²) in [5, 5.41) is 2.98. The van der Waals surface area contributed by atoms with Crippen LogP contribution in [-0.4, -0.2) is 15.0 Å². The molecule has 0 aliphatic heterocycles. The highest BCUT2D eigenvalue weighted by Crippen LogP contribution is 2.25. The standard InChI is InChI=1S/C13H12BrFN4S/c1-6-3-8(14)9(15)5-10(6)18-13-17-7(2)4-11(19-13)12(16)20/h3-5H,1-2H3,(H2,16,20)(H,17,18,19). The first-order valence-corrected chi connectivity index (χ1v) is 6.95. The van der Waals surface area contributed by atoms with Crippen LogP contribution in [0.15, 0.2) is 22.7 Å². The predicted molar refractivity (Wildman–Crippen MR) is 84.8 cm³/mol. The van der Waals surface area contributed by atoms with Crippen molar-refractivity contribution >= 4 is 44.8 Å². The Morgan fingerprint density at radius 1 is 1.30 bits per heavy atom. The molecule has 1 aromatic carbocycles. The Kier molecular flexibility index (Phi) is 4.29. The smallest absolute Gasteiger partial charge is 0.228 e. The maximum Gasteiger partial charge on any atom is 0.228 e. The number of halogens is 2. The number of rotatable bonds is 3. The van der Waals surface area contributed by atoms with Crippen molar-refractivity contribution in [2.24, 2.45) is 5.73 Å². The first-order chi connectivity index (χ1) is 9.36. The highest BCUT2D eigenvalue weighted by atomic mass is 79.9. The van der Waals surface area contributed by atoms with Crippen molar-refractivity contribution in [1.29, 1.82) is 0 Å². The largest absolute Gasteiger partial charge is 0.388 e. The van der Waals surface area contributed by atoms with Crippen molar-refractivity contribution < 1.29 is 4.39 Å². The second-order valence-electron chi connectivity index (χ2n) is 4.29. The van der Waals surface area contributed by atoms with Crippen LogP contribution in [0.1, 0.15) is 17.0 Å². The van der Waals surface area contributed by atoms with Gasteiger partial charge in [-0.15, -0.1) is 0 Å². The number of nitrogens with one attached hydrogen (secondary N) is 1. The number of aromatic nitrogens is 2. The van der Waals surface area contributed by atoms with E-state index in [9.17, 15) is 4.39 Å². The number of anilines is 2. The van der Waals surface area contributed by atoms with E-state index in [2.05, 4.69) is 31.2 Å². The van der Waals surface area contributed by atoms with Gasteiger partial charge in [-0.3, -0.25) is 0 Å². The summed E-state index contributed by atoms with van der Waals surface area (Å²) in [6.45, 7) is 3.67. The Morgan fingerprint density at radius 3 is 2.65 bits per heavy atom. The molecule has 0 saturated carbocycles. The van der Waals surface area contributed by atoms with E-state index in [0.717, 1.165) is 11.3 Å². The average molecular weight is 355 g/mol. The van der Waals surface area contributed by atoms with Crippen molar-refractivity contribution in [2.45, 2.75) is 13.8 Å². The molecule has 20 heavy (non-hydrogen) atoms. The van der Waals surface area contributed by atoms with Crippen LogP contribution in [0, 0.1) is 19.7 Å². The van der Waals surface area contributed by atoms with Gasteiger partial charge in [0.2, 0.25) is 5.95 Å². The lowest BCUT2D eigenvalue weighted by atomic mass is 10.2. The Balaban J connectivity index is 2.40. The van der Waals surface area contributed by atoms with Crippen LogP contribution in [0.3, 0.4) is 0 Å². The van der Waals surface area contributed by atoms with Crippen LogP contribution in [0.25, 0.3) is 0 Å². The van der Waals surface area contributed by atoms with Crippen molar-refractivity contribution in [3.8, 4) is 0 Å². The van der Waals surface area contributed by atoms with E-state index in [4.69, 9.17) is 18.0 Å². The van der Waals surface area contributed by atoms with Gasteiger partial charge < -0.3 is 11.1 Å². The van der Waals surface area contributed by atoms with Crippen LogP contribution < -0.4 is 11.1 Å². The minimum Gasteiger partial charge on any atom is -0.388 e. The van der Waals surface area contributed by atoms with Crippen LogP contribution in [0.5, 0.6) is 0 Å². The van der Waals surface area contributed by atoms with Gasteiger partial charge >= 0.3 is 0 Å². The van der Waals surface area contributed by atoms with E-state index in [1.807, 2.05) is 13.8 Å². The van der Waals surface area contributed by atoms with E-state index in [1.54, 1.807) is 12.1 Å². The van der Waals surface area contributed by atoms with Gasteiger partial charge in [0.25, 0.3) is 0 Å². The lowest BCUT2D eigenvalue weighted by molar-refractivity contribution is 0.621. The molecule has 0 bridgehead atoms. The molecule has 0 amide bonds. The number of aryl methyl sites for hydroxylation is 2. The molecule has 4 nitrogen and oxygen atoms in total. The van der Waals surface area contributed by atoms with E-state index in [-0.39, 0.29) is 10.8 Å². The number of nitrogens with zero attached hydrogens (tertiary/aromatic N) is 2. The van der Waals surface area contributed by atoms with Crippen LogP contribution >= 0.6 is 28.1 Å². The SMILES string of the molecule is Cc1cc(C(N)=S)nc(Nc2cc(F)c(Br)cc2C)n1. The van der Waals surface area contributed by atoms with Gasteiger partial charge in [-0.1, -0.05) is 12.2 Å². The lowest BCUT2D eigenvalue weighted by Crippen LogP contribution is -2.14. The number of thiocarbonyl (C=S) groups is 1. The molecule has 0 saturated heterocycles. The first kappa shape index (κ1) is 14.8. The molecule has 2 aromatic rings. The Morgan fingerprint density at radius 2 is 2.00 bits per heavy atom. The van der Waals surface area contributed by atoms with Gasteiger partial charge in [0.15, 0.2) is 0 Å². The maximum absolute atomic E-state index is 13.6. The molecule has 0 unspecified atom stereocenters. The van der Waals surface area contributed by atoms with E-state index in [1.165, 1.54) is 6.07 Å². The fraction of sp³-hybridized carbons (Fsp3) is 0.154. The van der Waals surface area contributed by atoms with E-state index < -0.39 is 0 Å². The first-order valence-electron chi connectivity index (χ1n) is 5.75. The highest BCUT2D eigenvalue weighted by Gasteiger charge is 2.09. The van der Waals surface area contributed by atoms with Gasteiger partial charge in [0, 0.05) is 11.4 Å². The monoisotopic (exact) mass is 354 g/mol. The minimum atomic E-state index is -0.361. The molecular weight excluding hydrogens is 343 g/mol. The number of benzene rings is 1. The van der Waals surface area contributed by atoms with Gasteiger partial charge in [-0.05, 0) is 53.5 Å². The molecule has 0 fully saturated rings. The number of hydrogen-bond donors (Lipinski definition) is 2. The van der Waals surface area contributed by atoms with Gasteiger partial charge in [0.1, 0.15) is 16.5 Å². The van der Waals surface area contributed by atoms with Gasteiger partial charge in [-0.2, -0.15) is 0 Å². The molecule has 7 heteroatoms. The molecule has 0 radical (unpaired) electrons. The summed E-state index contributed by atoms with van der Waals surface area (Å²) in [5.41, 5.74) is 8.22. The Labute approximate surface area is 129 Å². The second-order valence-corrected chi connectivity index (χ2v) is 5.58. The van der Waals surface area contributed by atoms with Crippen molar-refractivity contribution in [3.05, 3.63) is 45.4 Å². The lowest BCUT2D eigenvalue weighted by Gasteiger charge is -2.10. The molecule has 104 valence electrons. The molecule has 2 rings (SSSR count). The summed E-state index contributed by atoms with van der Waals surface area (Å²) in [7, 11) is 0. The van der Waals surface area contributed by atoms with Crippen molar-refractivity contribution in [2.75, 3.05) is 5.32 Å². The zero-order valence-electron chi connectivity index (χ0n) is 10.9. The van der Waals surface area contributed by atoms with Crippen molar-refractivity contribution in [3.63, 3.8) is 0 Å². The quantitative estimate of drug-likeness (QED) is 0.827. The molecule has 0 spiro atoms. The summed E-state index contributed by atoms with van der Waals surface area (Å²) >= 11 is 8.04. The highest BCUT2D eigenvalue weighted by molar-refractivity contribution is 9.10. The summed E-state index contributed by atoms with van der Waals surface area (Å²) < 4.78 is 14.0. The number of hydrogen-bond acceptors (Lipinski definition) is 4. The summed E-state index contributed by atoms with van der Waals surface area (Å²) in [5.74, 6) is -0.0297. The number of nitrogens with two attached hydrogens (primary N) is 1. The van der Waals surface area contributed by atoms with E-state index >= 15 is 0 Å². The molecule has 1 aromatic heterocycles. The third kappa shape index (κ3) is 3.29. The third-order valence-electron chi connectivity index (χ3n) is 2.62. The molecule has 1 heterocycles. The maximum atomic E-state index is 13.6.